The van der Waals surface area contributed by atoms with Gasteiger partial charge in [0, 0.05) is 19.0 Å². The Kier molecular flexibility index (Phi) is 6.76. The van der Waals surface area contributed by atoms with Gasteiger partial charge in [-0.05, 0) is 35.7 Å². The number of primary amides is 1. The number of nitrogens with two attached hydrogens (primary N) is 1. The monoisotopic (exact) mass is 384 g/mol. The van der Waals surface area contributed by atoms with Crippen LogP contribution in [0.1, 0.15) is 23.6 Å². The van der Waals surface area contributed by atoms with Crippen LogP contribution in [-0.4, -0.2) is 41.4 Å². The molecular formula is C21H24N2O5. The average molecular weight is 384 g/mol. The van der Waals surface area contributed by atoms with Crippen molar-refractivity contribution in [2.24, 2.45) is 5.73 Å². The standard InChI is InChI=1S/C21H24N2O5/c1-13-4-6-17(16(8-13)11-23(14(2)24)12-20(22)25)18-9-15(10-21(26)27)5-7-19(18)28-3/h4-9H,10-12H2,1-3H3,(H2,22,25)(H,26,27). The molecule has 0 saturated carbocycles. The summed E-state index contributed by atoms with van der Waals surface area (Å²) in [5.41, 5.74) is 9.22. The lowest BCUT2D eigenvalue weighted by Crippen LogP contribution is -2.36. The Labute approximate surface area is 163 Å². The molecule has 0 unspecified atom stereocenters. The summed E-state index contributed by atoms with van der Waals surface area (Å²) in [4.78, 5) is 35.7. The van der Waals surface area contributed by atoms with Gasteiger partial charge in [-0.2, -0.15) is 0 Å². The Balaban J connectivity index is 2.55. The zero-order valence-corrected chi connectivity index (χ0v) is 16.2. The van der Waals surface area contributed by atoms with Crippen LogP contribution >= 0.6 is 0 Å². The number of aliphatic carboxylic acids is 1. The zero-order chi connectivity index (χ0) is 20.8. The molecule has 0 radical (unpaired) electrons. The molecule has 2 amide bonds. The van der Waals surface area contributed by atoms with Crippen LogP contribution in [0.3, 0.4) is 0 Å². The average Bonchev–Trinajstić information content (AvgIpc) is 2.60. The van der Waals surface area contributed by atoms with E-state index >= 15 is 0 Å². The van der Waals surface area contributed by atoms with E-state index in [1.165, 1.54) is 11.8 Å². The van der Waals surface area contributed by atoms with Gasteiger partial charge in [-0.15, -0.1) is 0 Å². The van der Waals surface area contributed by atoms with Crippen LogP contribution in [0.4, 0.5) is 0 Å². The molecule has 2 rings (SSSR count). The van der Waals surface area contributed by atoms with E-state index in [1.54, 1.807) is 25.3 Å². The highest BCUT2D eigenvalue weighted by molar-refractivity contribution is 5.83. The summed E-state index contributed by atoms with van der Waals surface area (Å²) in [6.07, 6.45) is -0.112. The Morgan fingerprint density at radius 3 is 2.39 bits per heavy atom. The van der Waals surface area contributed by atoms with E-state index in [2.05, 4.69) is 0 Å². The molecule has 7 nitrogen and oxygen atoms in total. The number of methoxy groups -OCH3 is 1. The first-order valence-corrected chi connectivity index (χ1v) is 8.73. The first-order valence-electron chi connectivity index (χ1n) is 8.73. The van der Waals surface area contributed by atoms with E-state index < -0.39 is 11.9 Å². The maximum absolute atomic E-state index is 11.9. The number of nitrogens with zero attached hydrogens (tertiary/aromatic N) is 1. The number of carbonyl (C=O) groups excluding carboxylic acids is 2. The van der Waals surface area contributed by atoms with Gasteiger partial charge in [0.2, 0.25) is 11.8 Å². The molecule has 28 heavy (non-hydrogen) atoms. The molecule has 0 bridgehead atoms. The fourth-order valence-electron chi connectivity index (χ4n) is 3.04. The lowest BCUT2D eigenvalue weighted by atomic mass is 9.94. The molecule has 0 aromatic heterocycles. The second kappa shape index (κ2) is 9.03. The van der Waals surface area contributed by atoms with Gasteiger partial charge in [-0.3, -0.25) is 14.4 Å². The number of amides is 2. The predicted molar refractivity (Wildman–Crippen MR) is 105 cm³/mol. The van der Waals surface area contributed by atoms with Crippen molar-refractivity contribution in [3.05, 3.63) is 53.1 Å². The summed E-state index contributed by atoms with van der Waals surface area (Å²) in [6, 6.07) is 11.0. The highest BCUT2D eigenvalue weighted by atomic mass is 16.5. The number of hydrogen-bond donors (Lipinski definition) is 2. The maximum atomic E-state index is 11.9. The molecule has 2 aromatic carbocycles. The number of benzene rings is 2. The number of carbonyl (C=O) groups is 3. The summed E-state index contributed by atoms with van der Waals surface area (Å²) < 4.78 is 5.46. The molecule has 7 heteroatoms. The fraction of sp³-hybridized carbons (Fsp3) is 0.286. The molecule has 3 N–H and O–H groups in total. The van der Waals surface area contributed by atoms with Crippen molar-refractivity contribution >= 4 is 17.8 Å². The molecule has 0 atom stereocenters. The first kappa shape index (κ1) is 21.0. The molecule has 0 aliphatic rings. The van der Waals surface area contributed by atoms with Crippen molar-refractivity contribution in [3.8, 4) is 16.9 Å². The van der Waals surface area contributed by atoms with Crippen LogP contribution in [-0.2, 0) is 27.3 Å². The third-order valence-corrected chi connectivity index (χ3v) is 4.32. The molecule has 0 heterocycles. The Bertz CT molecular complexity index is 908. The Morgan fingerprint density at radius 2 is 1.82 bits per heavy atom. The number of carboxylic acids is 1. The molecule has 0 aliphatic carbocycles. The highest BCUT2D eigenvalue weighted by Gasteiger charge is 2.18. The van der Waals surface area contributed by atoms with Gasteiger partial charge in [0.1, 0.15) is 5.75 Å². The number of ether oxygens (including phenoxy) is 1. The van der Waals surface area contributed by atoms with Crippen LogP contribution in [0.5, 0.6) is 5.75 Å². The van der Waals surface area contributed by atoms with Gasteiger partial charge < -0.3 is 20.5 Å². The second-order valence-electron chi connectivity index (χ2n) is 6.61. The second-order valence-corrected chi connectivity index (χ2v) is 6.61. The number of hydrogen-bond acceptors (Lipinski definition) is 4. The van der Waals surface area contributed by atoms with E-state index in [0.717, 1.165) is 22.3 Å². The number of aryl methyl sites for hydroxylation is 1. The van der Waals surface area contributed by atoms with E-state index in [9.17, 15) is 14.4 Å². The van der Waals surface area contributed by atoms with Crippen molar-refractivity contribution in [1.29, 1.82) is 0 Å². The number of carboxylic acid groups (broad SMARTS) is 1. The third kappa shape index (κ3) is 5.33. The molecule has 0 fully saturated rings. The lowest BCUT2D eigenvalue weighted by molar-refractivity contribution is -0.136. The molecular weight excluding hydrogens is 360 g/mol. The van der Waals surface area contributed by atoms with E-state index in [-0.39, 0.29) is 25.4 Å². The quantitative estimate of drug-likeness (QED) is 0.724. The maximum Gasteiger partial charge on any atom is 0.307 e. The molecule has 2 aromatic rings. The zero-order valence-electron chi connectivity index (χ0n) is 16.2. The van der Waals surface area contributed by atoms with Gasteiger partial charge in [0.05, 0.1) is 20.1 Å². The molecule has 0 aliphatic heterocycles. The SMILES string of the molecule is COc1ccc(CC(=O)O)cc1-c1ccc(C)cc1CN(CC(N)=O)C(C)=O. The summed E-state index contributed by atoms with van der Waals surface area (Å²) in [5, 5.41) is 9.09. The highest BCUT2D eigenvalue weighted by Crippen LogP contribution is 2.34. The molecule has 0 spiro atoms. The van der Waals surface area contributed by atoms with Crippen LogP contribution in [0, 0.1) is 6.92 Å². The van der Waals surface area contributed by atoms with E-state index in [1.807, 2.05) is 25.1 Å². The van der Waals surface area contributed by atoms with Crippen LogP contribution in [0.25, 0.3) is 11.1 Å². The largest absolute Gasteiger partial charge is 0.496 e. The summed E-state index contributed by atoms with van der Waals surface area (Å²) in [6.45, 7) is 3.32. The molecule has 0 saturated heterocycles. The minimum absolute atomic E-state index is 0.112. The van der Waals surface area contributed by atoms with Crippen molar-refractivity contribution in [2.75, 3.05) is 13.7 Å². The minimum Gasteiger partial charge on any atom is -0.496 e. The number of rotatable bonds is 8. The summed E-state index contributed by atoms with van der Waals surface area (Å²) in [7, 11) is 1.54. The van der Waals surface area contributed by atoms with Crippen LogP contribution in [0.15, 0.2) is 36.4 Å². The van der Waals surface area contributed by atoms with Crippen LogP contribution < -0.4 is 10.5 Å². The van der Waals surface area contributed by atoms with Crippen molar-refractivity contribution < 1.29 is 24.2 Å². The fourth-order valence-corrected chi connectivity index (χ4v) is 3.04. The van der Waals surface area contributed by atoms with Gasteiger partial charge in [-0.1, -0.05) is 29.8 Å². The van der Waals surface area contributed by atoms with Gasteiger partial charge in [0.25, 0.3) is 0 Å². The predicted octanol–water partition coefficient (Wildman–Crippen LogP) is 2.13. The van der Waals surface area contributed by atoms with Crippen molar-refractivity contribution in [2.45, 2.75) is 26.8 Å². The lowest BCUT2D eigenvalue weighted by Gasteiger charge is -2.22. The van der Waals surface area contributed by atoms with Crippen molar-refractivity contribution in [3.63, 3.8) is 0 Å². The topological polar surface area (TPSA) is 110 Å². The summed E-state index contributed by atoms with van der Waals surface area (Å²) in [5.74, 6) is -1.20. The van der Waals surface area contributed by atoms with E-state index in [4.69, 9.17) is 15.6 Å². The van der Waals surface area contributed by atoms with E-state index in [0.29, 0.717) is 11.3 Å². The minimum atomic E-state index is -0.926. The Hall–Kier alpha value is -3.35. The van der Waals surface area contributed by atoms with Gasteiger partial charge >= 0.3 is 5.97 Å². The normalized spacial score (nSPS) is 10.4. The molecule has 148 valence electrons. The smallest absolute Gasteiger partial charge is 0.307 e. The Morgan fingerprint density at radius 1 is 1.11 bits per heavy atom. The third-order valence-electron chi connectivity index (χ3n) is 4.32. The van der Waals surface area contributed by atoms with Crippen LogP contribution in [0.2, 0.25) is 0 Å². The van der Waals surface area contributed by atoms with Crippen molar-refractivity contribution in [1.82, 2.24) is 4.90 Å². The first-order chi connectivity index (χ1) is 13.2. The summed E-state index contributed by atoms with van der Waals surface area (Å²) >= 11 is 0. The van der Waals surface area contributed by atoms with Gasteiger partial charge in [-0.25, -0.2) is 0 Å². The van der Waals surface area contributed by atoms with Gasteiger partial charge in [0.15, 0.2) is 0 Å².